The highest BCUT2D eigenvalue weighted by Crippen LogP contribution is 2.22. The summed E-state index contributed by atoms with van der Waals surface area (Å²) < 4.78 is 28.2. The number of nitrogens with zero attached hydrogens (tertiary/aromatic N) is 1. The van der Waals surface area contributed by atoms with Gasteiger partial charge in [-0.15, -0.1) is 0 Å². The number of nitrogens with one attached hydrogen (secondary N) is 1. The van der Waals surface area contributed by atoms with Gasteiger partial charge >= 0.3 is 0 Å². The Morgan fingerprint density at radius 3 is 2.40 bits per heavy atom. The maximum absolute atomic E-state index is 11.3. The van der Waals surface area contributed by atoms with Crippen LogP contribution in [0.5, 0.6) is 0 Å². The van der Waals surface area contributed by atoms with Crippen LogP contribution in [0.2, 0.25) is 0 Å². The fraction of sp³-hybridized carbons (Fsp3) is 0.0556. The first-order chi connectivity index (χ1) is 12.0. The van der Waals surface area contributed by atoms with Crippen molar-refractivity contribution < 1.29 is 12.8 Å². The standard InChI is InChI=1S/C18H17N3O3S/c19-25(22,23)17-9-6-15(7-10-17)18-11-8-16(24-18)13-21-20-12-14-4-2-1-3-5-14/h1-11,13,20H,12H2,(H2,19,22,23). The van der Waals surface area contributed by atoms with E-state index in [9.17, 15) is 8.42 Å². The molecule has 0 saturated heterocycles. The lowest BCUT2D eigenvalue weighted by molar-refractivity contribution is 0.573. The van der Waals surface area contributed by atoms with Crippen LogP contribution in [0.15, 0.2) is 81.1 Å². The molecule has 0 aliphatic carbocycles. The minimum absolute atomic E-state index is 0.0645. The molecule has 6 nitrogen and oxygen atoms in total. The Labute approximate surface area is 146 Å². The first kappa shape index (κ1) is 16.9. The lowest BCUT2D eigenvalue weighted by atomic mass is 10.2. The zero-order valence-electron chi connectivity index (χ0n) is 13.3. The van der Waals surface area contributed by atoms with Crippen molar-refractivity contribution in [2.75, 3.05) is 0 Å². The molecule has 25 heavy (non-hydrogen) atoms. The van der Waals surface area contributed by atoms with Gasteiger partial charge in [0, 0.05) is 5.56 Å². The number of hydrogen-bond donors (Lipinski definition) is 2. The van der Waals surface area contributed by atoms with Crippen molar-refractivity contribution in [1.29, 1.82) is 0 Å². The van der Waals surface area contributed by atoms with Crippen molar-refractivity contribution in [3.63, 3.8) is 0 Å². The van der Waals surface area contributed by atoms with Crippen molar-refractivity contribution in [2.24, 2.45) is 10.2 Å². The largest absolute Gasteiger partial charge is 0.455 e. The lowest BCUT2D eigenvalue weighted by Crippen LogP contribution is -2.11. The minimum Gasteiger partial charge on any atom is -0.455 e. The zero-order chi connectivity index (χ0) is 17.7. The Hall–Kier alpha value is -2.90. The van der Waals surface area contributed by atoms with Gasteiger partial charge in [0.2, 0.25) is 10.0 Å². The smallest absolute Gasteiger partial charge is 0.238 e. The van der Waals surface area contributed by atoms with Crippen LogP contribution in [0, 0.1) is 0 Å². The number of hydrogen-bond acceptors (Lipinski definition) is 5. The number of sulfonamides is 1. The molecule has 7 heteroatoms. The first-order valence-corrected chi connectivity index (χ1v) is 9.10. The molecule has 0 unspecified atom stereocenters. The second-order valence-corrected chi connectivity index (χ2v) is 6.91. The number of nitrogens with two attached hydrogens (primary N) is 1. The maximum atomic E-state index is 11.3. The van der Waals surface area contributed by atoms with Gasteiger partial charge in [-0.25, -0.2) is 13.6 Å². The highest BCUT2D eigenvalue weighted by atomic mass is 32.2. The summed E-state index contributed by atoms with van der Waals surface area (Å²) in [7, 11) is -3.69. The van der Waals surface area contributed by atoms with Gasteiger partial charge < -0.3 is 9.84 Å². The molecule has 0 radical (unpaired) electrons. The monoisotopic (exact) mass is 355 g/mol. The van der Waals surface area contributed by atoms with Gasteiger partial charge in [-0.1, -0.05) is 30.3 Å². The Kier molecular flexibility index (Phi) is 4.97. The Bertz CT molecular complexity index is 962. The predicted molar refractivity (Wildman–Crippen MR) is 96.4 cm³/mol. The molecule has 3 N–H and O–H groups in total. The van der Waals surface area contributed by atoms with Crippen LogP contribution in [-0.4, -0.2) is 14.6 Å². The fourth-order valence-electron chi connectivity index (χ4n) is 2.23. The van der Waals surface area contributed by atoms with Gasteiger partial charge in [0.05, 0.1) is 17.7 Å². The molecule has 0 atom stereocenters. The third-order valence-electron chi connectivity index (χ3n) is 3.50. The van der Waals surface area contributed by atoms with Gasteiger partial charge in [0.1, 0.15) is 11.5 Å². The molecule has 3 rings (SSSR count). The van der Waals surface area contributed by atoms with Crippen molar-refractivity contribution >= 4 is 16.2 Å². The lowest BCUT2D eigenvalue weighted by Gasteiger charge is -2.00. The van der Waals surface area contributed by atoms with Crippen LogP contribution in [-0.2, 0) is 16.6 Å². The predicted octanol–water partition coefficient (Wildman–Crippen LogP) is 2.72. The van der Waals surface area contributed by atoms with Gasteiger partial charge in [0.15, 0.2) is 0 Å². The van der Waals surface area contributed by atoms with Gasteiger partial charge in [-0.05, 0) is 42.0 Å². The number of hydrazone groups is 1. The fourth-order valence-corrected chi connectivity index (χ4v) is 2.74. The summed E-state index contributed by atoms with van der Waals surface area (Å²) in [5.41, 5.74) is 4.84. The number of benzene rings is 2. The van der Waals surface area contributed by atoms with E-state index >= 15 is 0 Å². The number of primary sulfonamides is 1. The van der Waals surface area contributed by atoms with Crippen molar-refractivity contribution in [3.05, 3.63) is 78.1 Å². The second kappa shape index (κ2) is 7.33. The van der Waals surface area contributed by atoms with E-state index in [0.717, 1.165) is 11.1 Å². The van der Waals surface area contributed by atoms with E-state index in [2.05, 4.69) is 10.5 Å². The highest BCUT2D eigenvalue weighted by molar-refractivity contribution is 7.89. The molecule has 0 aliphatic rings. The van der Waals surface area contributed by atoms with Crippen LogP contribution < -0.4 is 10.6 Å². The molecular weight excluding hydrogens is 338 g/mol. The highest BCUT2D eigenvalue weighted by Gasteiger charge is 2.09. The normalized spacial score (nSPS) is 11.7. The summed E-state index contributed by atoms with van der Waals surface area (Å²) in [5.74, 6) is 1.21. The van der Waals surface area contributed by atoms with Crippen LogP contribution >= 0.6 is 0 Å². The van der Waals surface area contributed by atoms with Crippen LogP contribution in [0.3, 0.4) is 0 Å². The van der Waals surface area contributed by atoms with E-state index in [0.29, 0.717) is 18.1 Å². The van der Waals surface area contributed by atoms with Crippen LogP contribution in [0.25, 0.3) is 11.3 Å². The average molecular weight is 355 g/mol. The molecule has 1 heterocycles. The van der Waals surface area contributed by atoms with Crippen LogP contribution in [0.4, 0.5) is 0 Å². The SMILES string of the molecule is NS(=O)(=O)c1ccc(-c2ccc(C=NNCc3ccccc3)o2)cc1. The van der Waals surface area contributed by atoms with E-state index in [1.54, 1.807) is 30.5 Å². The van der Waals surface area contributed by atoms with Gasteiger partial charge in [-0.2, -0.15) is 5.10 Å². The number of rotatable bonds is 6. The Morgan fingerprint density at radius 2 is 1.72 bits per heavy atom. The molecule has 0 spiro atoms. The summed E-state index contributed by atoms with van der Waals surface area (Å²) in [6, 6.07) is 19.7. The molecule has 1 aromatic heterocycles. The van der Waals surface area contributed by atoms with Crippen molar-refractivity contribution in [3.8, 4) is 11.3 Å². The minimum atomic E-state index is -3.69. The maximum Gasteiger partial charge on any atom is 0.238 e. The van der Waals surface area contributed by atoms with Gasteiger partial charge in [0.25, 0.3) is 0 Å². The summed E-state index contributed by atoms with van der Waals surface area (Å²) in [4.78, 5) is 0.0645. The van der Waals surface area contributed by atoms with E-state index in [4.69, 9.17) is 9.56 Å². The Morgan fingerprint density at radius 1 is 1.00 bits per heavy atom. The van der Waals surface area contributed by atoms with Gasteiger partial charge in [-0.3, -0.25) is 0 Å². The van der Waals surface area contributed by atoms with E-state index in [-0.39, 0.29) is 4.90 Å². The molecular formula is C18H17N3O3S. The molecule has 0 fully saturated rings. The van der Waals surface area contributed by atoms with E-state index < -0.39 is 10.0 Å². The number of furan rings is 1. The third-order valence-corrected chi connectivity index (χ3v) is 4.43. The van der Waals surface area contributed by atoms with Crippen molar-refractivity contribution in [1.82, 2.24) is 5.43 Å². The molecule has 0 aliphatic heterocycles. The summed E-state index contributed by atoms with van der Waals surface area (Å²) in [6.07, 6.45) is 1.59. The van der Waals surface area contributed by atoms with Crippen LogP contribution in [0.1, 0.15) is 11.3 Å². The first-order valence-electron chi connectivity index (χ1n) is 7.55. The molecule has 0 amide bonds. The third kappa shape index (κ3) is 4.56. The summed E-state index contributed by atoms with van der Waals surface area (Å²) >= 11 is 0. The quantitative estimate of drug-likeness (QED) is 0.525. The van der Waals surface area contributed by atoms with E-state index in [1.165, 1.54) is 12.1 Å². The molecule has 3 aromatic rings. The molecule has 0 bridgehead atoms. The average Bonchev–Trinajstić information content (AvgIpc) is 3.08. The molecule has 128 valence electrons. The Balaban J connectivity index is 1.63. The molecule has 2 aromatic carbocycles. The van der Waals surface area contributed by atoms with Crippen molar-refractivity contribution in [2.45, 2.75) is 11.4 Å². The second-order valence-electron chi connectivity index (χ2n) is 5.35. The topological polar surface area (TPSA) is 97.7 Å². The molecule has 0 saturated carbocycles. The zero-order valence-corrected chi connectivity index (χ0v) is 14.1. The summed E-state index contributed by atoms with van der Waals surface area (Å²) in [6.45, 7) is 0.625. The summed E-state index contributed by atoms with van der Waals surface area (Å²) in [5, 5.41) is 9.21. The van der Waals surface area contributed by atoms with E-state index in [1.807, 2.05) is 30.3 Å².